The molecule has 0 aliphatic carbocycles. The number of phosphoric ester groups is 2. The summed E-state index contributed by atoms with van der Waals surface area (Å²) in [6.45, 7) is 1.67. The maximum atomic E-state index is 12.6. The Kier molecular flexibility index (Phi) is 37.0. The van der Waals surface area contributed by atoms with Crippen LogP contribution in [0.25, 0.3) is 0 Å². The SMILES string of the molecule is CCCCCC=CCC=CCC=CCCCCC(=O)OC(COC(=O)CCCCCCCCCC=CCCCCCC)COP(=O)(O)OCC(O)COP(=O)(O)O. The van der Waals surface area contributed by atoms with Gasteiger partial charge in [0.2, 0.25) is 0 Å². The molecule has 0 saturated heterocycles. The van der Waals surface area contributed by atoms with E-state index >= 15 is 0 Å². The van der Waals surface area contributed by atoms with Crippen LogP contribution in [0.3, 0.4) is 0 Å². The van der Waals surface area contributed by atoms with Crippen LogP contribution in [0.4, 0.5) is 0 Å². The fourth-order valence-corrected chi connectivity index (χ4v) is 6.56. The number of allylic oxidation sites excluding steroid dienone is 8. The Labute approximate surface area is 343 Å². The Balaban J connectivity index is 4.60. The van der Waals surface area contributed by atoms with Crippen LogP contribution < -0.4 is 0 Å². The molecule has 0 radical (unpaired) electrons. The summed E-state index contributed by atoms with van der Waals surface area (Å²) in [4.78, 5) is 52.6. The van der Waals surface area contributed by atoms with Crippen LogP contribution in [-0.4, -0.2) is 70.4 Å². The smallest absolute Gasteiger partial charge is 0.462 e. The first-order valence-electron chi connectivity index (χ1n) is 21.3. The third-order valence-corrected chi connectivity index (χ3v) is 10.1. The third-order valence-electron chi connectivity index (χ3n) is 8.68. The van der Waals surface area contributed by atoms with Gasteiger partial charge in [0, 0.05) is 12.8 Å². The Morgan fingerprint density at radius 2 is 0.912 bits per heavy atom. The van der Waals surface area contributed by atoms with E-state index in [0.717, 1.165) is 64.2 Å². The Hall–Kier alpha value is -1.92. The van der Waals surface area contributed by atoms with Crippen LogP contribution in [0, 0.1) is 0 Å². The van der Waals surface area contributed by atoms with E-state index in [1.54, 1.807) is 0 Å². The highest BCUT2D eigenvalue weighted by Crippen LogP contribution is 2.43. The first-order chi connectivity index (χ1) is 27.4. The van der Waals surface area contributed by atoms with Gasteiger partial charge in [-0.2, -0.15) is 0 Å². The topological polar surface area (TPSA) is 195 Å². The minimum absolute atomic E-state index is 0.0810. The number of unbranched alkanes of at least 4 members (excludes halogenated alkanes) is 16. The number of aliphatic hydroxyl groups excluding tert-OH is 1. The summed E-state index contributed by atoms with van der Waals surface area (Å²) in [5.74, 6) is -1.08. The average Bonchev–Trinajstić information content (AvgIpc) is 3.17. The number of hydrogen-bond acceptors (Lipinski definition) is 10. The lowest BCUT2D eigenvalue weighted by Crippen LogP contribution is -2.30. The molecule has 0 heterocycles. The fourth-order valence-electron chi connectivity index (χ4n) is 5.41. The van der Waals surface area contributed by atoms with Gasteiger partial charge in [0.15, 0.2) is 6.10 Å². The van der Waals surface area contributed by atoms with Crippen LogP contribution >= 0.6 is 15.6 Å². The average molecular weight is 851 g/mol. The zero-order valence-corrected chi connectivity index (χ0v) is 36.7. The summed E-state index contributed by atoms with van der Waals surface area (Å²) >= 11 is 0. The quantitative estimate of drug-likeness (QED) is 0.0197. The maximum absolute atomic E-state index is 12.6. The number of esters is 2. The van der Waals surface area contributed by atoms with Gasteiger partial charge in [-0.15, -0.1) is 0 Å². The van der Waals surface area contributed by atoms with Crippen LogP contribution in [0.1, 0.15) is 168 Å². The van der Waals surface area contributed by atoms with Crippen molar-refractivity contribution in [2.45, 2.75) is 180 Å². The van der Waals surface area contributed by atoms with Crippen molar-refractivity contribution in [3.8, 4) is 0 Å². The van der Waals surface area contributed by atoms with E-state index in [1.165, 1.54) is 64.2 Å². The first kappa shape index (κ1) is 55.1. The largest absolute Gasteiger partial charge is 0.472 e. The normalized spacial score (nSPS) is 14.6. The highest BCUT2D eigenvalue weighted by Gasteiger charge is 2.28. The third kappa shape index (κ3) is 42.0. The molecule has 0 spiro atoms. The summed E-state index contributed by atoms with van der Waals surface area (Å²) in [6.07, 6.45) is 38.2. The van der Waals surface area contributed by atoms with E-state index in [4.69, 9.17) is 23.8 Å². The Bertz CT molecular complexity index is 1200. The molecule has 0 aliphatic heterocycles. The van der Waals surface area contributed by atoms with Crippen LogP contribution in [0.2, 0.25) is 0 Å². The van der Waals surface area contributed by atoms with Crippen molar-refractivity contribution in [2.75, 3.05) is 26.4 Å². The summed E-state index contributed by atoms with van der Waals surface area (Å²) < 4.78 is 47.7. The molecule has 0 amide bonds. The first-order valence-corrected chi connectivity index (χ1v) is 24.4. The molecule has 15 heteroatoms. The van der Waals surface area contributed by atoms with Crippen LogP contribution in [0.15, 0.2) is 48.6 Å². The zero-order chi connectivity index (χ0) is 42.3. The molecular formula is C42H76O13P2. The van der Waals surface area contributed by atoms with E-state index in [-0.39, 0.29) is 12.8 Å². The summed E-state index contributed by atoms with van der Waals surface area (Å²) in [6, 6.07) is 0. The van der Waals surface area contributed by atoms with Crippen LogP contribution in [-0.2, 0) is 41.8 Å². The molecule has 3 atom stereocenters. The van der Waals surface area contributed by atoms with Gasteiger partial charge >= 0.3 is 27.6 Å². The van der Waals surface area contributed by atoms with Crippen molar-refractivity contribution in [3.63, 3.8) is 0 Å². The molecular weight excluding hydrogens is 774 g/mol. The summed E-state index contributed by atoms with van der Waals surface area (Å²) in [5, 5.41) is 9.73. The summed E-state index contributed by atoms with van der Waals surface area (Å²) in [5.41, 5.74) is 0. The Morgan fingerprint density at radius 3 is 1.49 bits per heavy atom. The minimum Gasteiger partial charge on any atom is -0.462 e. The fraction of sp³-hybridized carbons (Fsp3) is 0.762. The molecule has 4 N–H and O–H groups in total. The molecule has 13 nitrogen and oxygen atoms in total. The van der Waals surface area contributed by atoms with Gasteiger partial charge in [-0.25, -0.2) is 9.13 Å². The Morgan fingerprint density at radius 1 is 0.509 bits per heavy atom. The van der Waals surface area contributed by atoms with Crippen molar-refractivity contribution in [2.24, 2.45) is 0 Å². The van der Waals surface area contributed by atoms with Crippen molar-refractivity contribution >= 4 is 27.6 Å². The summed E-state index contributed by atoms with van der Waals surface area (Å²) in [7, 11) is -9.68. The molecule has 0 saturated carbocycles. The maximum Gasteiger partial charge on any atom is 0.472 e. The lowest BCUT2D eigenvalue weighted by Gasteiger charge is -2.20. The van der Waals surface area contributed by atoms with Gasteiger partial charge in [-0.1, -0.05) is 127 Å². The number of ether oxygens (including phenoxy) is 2. The van der Waals surface area contributed by atoms with Gasteiger partial charge < -0.3 is 29.3 Å². The molecule has 57 heavy (non-hydrogen) atoms. The van der Waals surface area contributed by atoms with Gasteiger partial charge in [0.1, 0.15) is 12.7 Å². The second-order valence-corrected chi connectivity index (χ2v) is 16.9. The monoisotopic (exact) mass is 850 g/mol. The second kappa shape index (κ2) is 38.3. The zero-order valence-electron chi connectivity index (χ0n) is 34.9. The van der Waals surface area contributed by atoms with E-state index < -0.39 is 66.2 Å². The molecule has 0 aromatic carbocycles. The van der Waals surface area contributed by atoms with Gasteiger partial charge in [-0.3, -0.25) is 23.2 Å². The number of aliphatic hydroxyl groups is 1. The highest BCUT2D eigenvalue weighted by molar-refractivity contribution is 7.47. The standard InChI is InChI=1S/C42H76O13P2/c1-3-5-7-9-11-13-15-17-19-21-23-25-27-29-31-33-41(44)51-37-40(38-54-57(49,50)53-36-39(43)35-52-56(46,47)48)55-42(45)34-32-30-28-26-24-22-20-18-16-14-12-10-8-6-4-2/h12-15,18,20,24,26,39-40,43H,3-11,16-17,19,21-23,25,27-38H2,1-2H3,(H,49,50)(H2,46,47,48). The second-order valence-electron chi connectivity index (χ2n) is 14.3. The molecule has 332 valence electrons. The van der Waals surface area contributed by atoms with Crippen molar-refractivity contribution < 1.29 is 61.6 Å². The molecule has 3 unspecified atom stereocenters. The molecule has 0 rings (SSSR count). The van der Waals surface area contributed by atoms with Crippen molar-refractivity contribution in [3.05, 3.63) is 48.6 Å². The van der Waals surface area contributed by atoms with Gasteiger partial charge in [0.05, 0.1) is 19.8 Å². The minimum atomic E-state index is -4.87. The number of carbonyl (C=O) groups excluding carboxylic acids is 2. The lowest BCUT2D eigenvalue weighted by molar-refractivity contribution is -0.161. The molecule has 0 fully saturated rings. The highest BCUT2D eigenvalue weighted by atomic mass is 31.2. The van der Waals surface area contributed by atoms with Gasteiger partial charge in [-0.05, 0) is 77.0 Å². The van der Waals surface area contributed by atoms with E-state index in [9.17, 15) is 28.7 Å². The number of phosphoric acid groups is 2. The molecule has 0 aromatic rings. The molecule has 0 aliphatic rings. The van der Waals surface area contributed by atoms with E-state index in [1.807, 2.05) is 0 Å². The van der Waals surface area contributed by atoms with Crippen molar-refractivity contribution in [1.82, 2.24) is 0 Å². The number of carbonyl (C=O) groups is 2. The number of rotatable bonds is 40. The van der Waals surface area contributed by atoms with Gasteiger partial charge in [0.25, 0.3) is 0 Å². The predicted molar refractivity (Wildman–Crippen MR) is 225 cm³/mol. The van der Waals surface area contributed by atoms with Crippen LogP contribution in [0.5, 0.6) is 0 Å². The lowest BCUT2D eigenvalue weighted by atomic mass is 10.1. The molecule has 0 aromatic heterocycles. The predicted octanol–water partition coefficient (Wildman–Crippen LogP) is 10.7. The number of hydrogen-bond donors (Lipinski definition) is 4. The molecule has 0 bridgehead atoms. The van der Waals surface area contributed by atoms with E-state index in [0.29, 0.717) is 12.8 Å². The van der Waals surface area contributed by atoms with E-state index in [2.05, 4.69) is 71.5 Å². The van der Waals surface area contributed by atoms with Crippen molar-refractivity contribution in [1.29, 1.82) is 0 Å².